The molecule has 0 fully saturated rings. The molecule has 0 atom stereocenters. The van der Waals surface area contributed by atoms with Gasteiger partial charge in [-0.3, -0.25) is 4.79 Å². The maximum atomic E-state index is 11.5. The van der Waals surface area contributed by atoms with E-state index in [-0.39, 0.29) is 5.91 Å². The van der Waals surface area contributed by atoms with Gasteiger partial charge in [-0.2, -0.15) is 0 Å². The number of rotatable bonds is 8. The fourth-order valence-corrected chi connectivity index (χ4v) is 1.66. The van der Waals surface area contributed by atoms with Gasteiger partial charge in [0.15, 0.2) is 0 Å². The van der Waals surface area contributed by atoms with Crippen LogP contribution in [0.15, 0.2) is 30.3 Å². The average Bonchev–Trinajstić information content (AvgIpc) is 2.43. The maximum absolute atomic E-state index is 11.5. The van der Waals surface area contributed by atoms with Gasteiger partial charge in [-0.05, 0) is 37.1 Å². The predicted octanol–water partition coefficient (Wildman–Crippen LogP) is 3.40. The van der Waals surface area contributed by atoms with E-state index in [2.05, 4.69) is 12.2 Å². The van der Waals surface area contributed by atoms with Gasteiger partial charge in [0.05, 0.1) is 6.61 Å². The summed E-state index contributed by atoms with van der Waals surface area (Å²) in [7, 11) is 0. The van der Waals surface area contributed by atoms with Gasteiger partial charge in [0.2, 0.25) is 5.91 Å². The largest absolute Gasteiger partial charge is 0.494 e. The third kappa shape index (κ3) is 6.65. The van der Waals surface area contributed by atoms with Crippen molar-refractivity contribution in [3.63, 3.8) is 0 Å². The smallest absolute Gasteiger partial charge is 0.243 e. The van der Waals surface area contributed by atoms with E-state index >= 15 is 0 Å². The predicted molar refractivity (Wildman–Crippen MR) is 79.2 cm³/mol. The molecule has 3 nitrogen and oxygen atoms in total. The molecule has 0 aliphatic carbocycles. The zero-order valence-corrected chi connectivity index (χ0v) is 11.8. The van der Waals surface area contributed by atoms with Gasteiger partial charge in [0, 0.05) is 12.6 Å². The topological polar surface area (TPSA) is 38.3 Å². The van der Waals surface area contributed by atoms with Gasteiger partial charge >= 0.3 is 0 Å². The minimum atomic E-state index is -0.0370. The lowest BCUT2D eigenvalue weighted by atomic mass is 10.2. The van der Waals surface area contributed by atoms with Crippen LogP contribution in [-0.4, -0.2) is 19.1 Å². The Labute approximate surface area is 115 Å². The summed E-state index contributed by atoms with van der Waals surface area (Å²) < 4.78 is 5.36. The highest BCUT2D eigenvalue weighted by Crippen LogP contribution is 2.12. The fourth-order valence-electron chi connectivity index (χ4n) is 1.66. The molecule has 1 rings (SSSR count). The summed E-state index contributed by atoms with van der Waals surface area (Å²) in [6, 6.07) is 7.68. The van der Waals surface area contributed by atoms with E-state index in [0.29, 0.717) is 6.61 Å². The van der Waals surface area contributed by atoms with Gasteiger partial charge in [-0.15, -0.1) is 0 Å². The molecule has 0 spiro atoms. The van der Waals surface area contributed by atoms with E-state index < -0.39 is 0 Å². The lowest BCUT2D eigenvalue weighted by Crippen LogP contribution is -2.21. The molecule has 0 unspecified atom stereocenters. The first-order valence-electron chi connectivity index (χ1n) is 6.95. The van der Waals surface area contributed by atoms with E-state index in [1.54, 1.807) is 6.08 Å². The van der Waals surface area contributed by atoms with Crippen molar-refractivity contribution in [2.24, 2.45) is 0 Å². The summed E-state index contributed by atoms with van der Waals surface area (Å²) in [5, 5.41) is 2.87. The number of unbranched alkanes of at least 4 members (excludes halogenated alkanes) is 2. The van der Waals surface area contributed by atoms with Crippen LogP contribution in [0.3, 0.4) is 0 Å². The summed E-state index contributed by atoms with van der Waals surface area (Å²) in [4.78, 5) is 11.5. The summed E-state index contributed by atoms with van der Waals surface area (Å²) in [6.45, 7) is 5.51. The molecule has 1 aromatic carbocycles. The van der Waals surface area contributed by atoms with Crippen LogP contribution in [0.4, 0.5) is 0 Å². The monoisotopic (exact) mass is 261 g/mol. The Kier molecular flexibility index (Phi) is 7.40. The molecule has 0 aliphatic heterocycles. The Balaban J connectivity index is 2.36. The second kappa shape index (κ2) is 9.20. The number of carbonyl (C=O) groups excluding carboxylic acids is 1. The molecule has 19 heavy (non-hydrogen) atoms. The van der Waals surface area contributed by atoms with Gasteiger partial charge in [0.25, 0.3) is 0 Å². The first kappa shape index (κ1) is 15.3. The number of amides is 1. The number of carbonyl (C=O) groups is 1. The number of nitrogens with one attached hydrogen (secondary N) is 1. The highest BCUT2D eigenvalue weighted by Gasteiger charge is 1.95. The summed E-state index contributed by atoms with van der Waals surface area (Å²) in [5.74, 6) is 0.814. The van der Waals surface area contributed by atoms with Crippen molar-refractivity contribution >= 4 is 12.0 Å². The first-order valence-corrected chi connectivity index (χ1v) is 6.95. The summed E-state index contributed by atoms with van der Waals surface area (Å²) >= 11 is 0. The van der Waals surface area contributed by atoms with E-state index in [4.69, 9.17) is 4.74 Å². The number of hydrogen-bond acceptors (Lipinski definition) is 2. The number of benzene rings is 1. The van der Waals surface area contributed by atoms with Crippen LogP contribution >= 0.6 is 0 Å². The fraction of sp³-hybridized carbons (Fsp3) is 0.438. The Morgan fingerprint density at radius 3 is 2.58 bits per heavy atom. The quantitative estimate of drug-likeness (QED) is 0.575. The number of ether oxygens (including phenoxy) is 1. The molecule has 1 aromatic rings. The van der Waals surface area contributed by atoms with Crippen LogP contribution < -0.4 is 10.1 Å². The minimum Gasteiger partial charge on any atom is -0.494 e. The molecule has 1 N–H and O–H groups in total. The molecular weight excluding hydrogens is 238 g/mol. The van der Waals surface area contributed by atoms with Gasteiger partial charge in [-0.1, -0.05) is 31.9 Å². The molecule has 0 saturated heterocycles. The Morgan fingerprint density at radius 2 is 1.95 bits per heavy atom. The Hall–Kier alpha value is -1.77. The maximum Gasteiger partial charge on any atom is 0.243 e. The molecule has 1 amide bonds. The normalized spacial score (nSPS) is 10.6. The molecule has 0 heterocycles. The Bertz CT molecular complexity index is 396. The van der Waals surface area contributed by atoms with Crippen molar-refractivity contribution < 1.29 is 9.53 Å². The standard InChI is InChI=1S/C16H23NO2/c1-3-5-6-13-17-16(18)12-9-14-7-10-15(11-8-14)19-4-2/h7-12H,3-6,13H2,1-2H3,(H,17,18)/b12-9+. The molecule has 3 heteroatoms. The molecule has 0 aliphatic rings. The molecular formula is C16H23NO2. The highest BCUT2D eigenvalue weighted by molar-refractivity contribution is 5.91. The summed E-state index contributed by atoms with van der Waals surface area (Å²) in [5.41, 5.74) is 0.993. The van der Waals surface area contributed by atoms with Crippen molar-refractivity contribution in [3.8, 4) is 5.75 Å². The zero-order valence-electron chi connectivity index (χ0n) is 11.8. The molecule has 104 valence electrons. The van der Waals surface area contributed by atoms with E-state index in [1.807, 2.05) is 37.3 Å². The molecule has 0 aromatic heterocycles. The van der Waals surface area contributed by atoms with Crippen molar-refractivity contribution in [1.82, 2.24) is 5.32 Å². The number of hydrogen-bond donors (Lipinski definition) is 1. The van der Waals surface area contributed by atoms with Crippen molar-refractivity contribution in [2.45, 2.75) is 33.1 Å². The molecule has 0 bridgehead atoms. The zero-order chi connectivity index (χ0) is 13.9. The lowest BCUT2D eigenvalue weighted by Gasteiger charge is -2.02. The van der Waals surface area contributed by atoms with Crippen LogP contribution in [0.25, 0.3) is 6.08 Å². The van der Waals surface area contributed by atoms with E-state index in [1.165, 1.54) is 0 Å². The minimum absolute atomic E-state index is 0.0370. The first-order chi connectivity index (χ1) is 9.26. The van der Waals surface area contributed by atoms with Gasteiger partial charge in [0.1, 0.15) is 5.75 Å². The average molecular weight is 261 g/mol. The highest BCUT2D eigenvalue weighted by atomic mass is 16.5. The van der Waals surface area contributed by atoms with Crippen molar-refractivity contribution in [3.05, 3.63) is 35.9 Å². The van der Waals surface area contributed by atoms with Crippen molar-refractivity contribution in [1.29, 1.82) is 0 Å². The lowest BCUT2D eigenvalue weighted by molar-refractivity contribution is -0.116. The van der Waals surface area contributed by atoms with Crippen LogP contribution in [0.1, 0.15) is 38.7 Å². The summed E-state index contributed by atoms with van der Waals surface area (Å²) in [6.07, 6.45) is 6.74. The van der Waals surface area contributed by atoms with Crippen LogP contribution in [-0.2, 0) is 4.79 Å². The third-order valence-corrected chi connectivity index (χ3v) is 2.70. The second-order valence-electron chi connectivity index (χ2n) is 4.33. The van der Waals surface area contributed by atoms with Crippen LogP contribution in [0, 0.1) is 0 Å². The van der Waals surface area contributed by atoms with E-state index in [0.717, 1.165) is 37.1 Å². The van der Waals surface area contributed by atoms with Crippen molar-refractivity contribution in [2.75, 3.05) is 13.2 Å². The molecule has 0 radical (unpaired) electrons. The van der Waals surface area contributed by atoms with Gasteiger partial charge in [-0.25, -0.2) is 0 Å². The molecule has 0 saturated carbocycles. The second-order valence-corrected chi connectivity index (χ2v) is 4.33. The third-order valence-electron chi connectivity index (χ3n) is 2.70. The SMILES string of the molecule is CCCCCNC(=O)/C=C/c1ccc(OCC)cc1. The Morgan fingerprint density at radius 1 is 1.21 bits per heavy atom. The van der Waals surface area contributed by atoms with Gasteiger partial charge < -0.3 is 10.1 Å². The van der Waals surface area contributed by atoms with Crippen LogP contribution in [0.5, 0.6) is 5.75 Å². The van der Waals surface area contributed by atoms with Crippen LogP contribution in [0.2, 0.25) is 0 Å². The van der Waals surface area contributed by atoms with E-state index in [9.17, 15) is 4.79 Å².